The zero-order valence-corrected chi connectivity index (χ0v) is 17.1. The summed E-state index contributed by atoms with van der Waals surface area (Å²) in [5.74, 6) is 0.808. The van der Waals surface area contributed by atoms with Crippen LogP contribution >= 0.6 is 0 Å². The lowest BCUT2D eigenvalue weighted by molar-refractivity contribution is -0.144. The van der Waals surface area contributed by atoms with E-state index in [4.69, 9.17) is 18.6 Å². The lowest BCUT2D eigenvalue weighted by atomic mass is 9.69. The molecule has 6 atom stereocenters. The molecule has 1 aromatic rings. The van der Waals surface area contributed by atoms with Gasteiger partial charge in [-0.3, -0.25) is 0 Å². The SMILES string of the molecule is CC[C@H]1O[C@@H]2O[C@@H](/C=C/C=C\C=C\c3cc(OC)cc(=O)o3)[C@@H](O)[C@]2(C)[C@]1(C)O. The molecule has 0 aliphatic carbocycles. The summed E-state index contributed by atoms with van der Waals surface area (Å²) in [5.41, 5.74) is -2.58. The van der Waals surface area contributed by atoms with Crippen LogP contribution in [0.25, 0.3) is 6.08 Å². The first kappa shape index (κ1) is 21.5. The summed E-state index contributed by atoms with van der Waals surface area (Å²) < 4.78 is 21.8. The van der Waals surface area contributed by atoms with Crippen molar-refractivity contribution >= 4 is 6.08 Å². The van der Waals surface area contributed by atoms with Gasteiger partial charge < -0.3 is 28.8 Å². The van der Waals surface area contributed by atoms with E-state index in [1.54, 1.807) is 56.4 Å². The Morgan fingerprint density at radius 1 is 1.17 bits per heavy atom. The van der Waals surface area contributed by atoms with Crippen molar-refractivity contribution in [1.82, 2.24) is 0 Å². The van der Waals surface area contributed by atoms with E-state index >= 15 is 0 Å². The van der Waals surface area contributed by atoms with Gasteiger partial charge in [0.1, 0.15) is 23.2 Å². The van der Waals surface area contributed by atoms with E-state index in [9.17, 15) is 15.0 Å². The highest BCUT2D eigenvalue weighted by atomic mass is 16.7. The largest absolute Gasteiger partial charge is 0.496 e. The topological polar surface area (TPSA) is 98.4 Å². The number of ether oxygens (including phenoxy) is 3. The molecule has 2 saturated heterocycles. The molecule has 0 bridgehead atoms. The first-order chi connectivity index (χ1) is 13.7. The number of hydrogen-bond acceptors (Lipinski definition) is 7. The zero-order chi connectivity index (χ0) is 21.2. The lowest BCUT2D eigenvalue weighted by Gasteiger charge is -2.38. The highest BCUT2D eigenvalue weighted by molar-refractivity contribution is 5.47. The van der Waals surface area contributed by atoms with Crippen LogP contribution in [0.2, 0.25) is 0 Å². The average molecular weight is 404 g/mol. The van der Waals surface area contributed by atoms with Gasteiger partial charge in [0.2, 0.25) is 0 Å². The summed E-state index contributed by atoms with van der Waals surface area (Å²) in [6, 6.07) is 2.88. The van der Waals surface area contributed by atoms with Crippen LogP contribution in [0.15, 0.2) is 51.7 Å². The van der Waals surface area contributed by atoms with Gasteiger partial charge in [0, 0.05) is 6.07 Å². The van der Waals surface area contributed by atoms with E-state index in [1.807, 2.05) is 6.92 Å². The average Bonchev–Trinajstić information content (AvgIpc) is 3.04. The molecule has 29 heavy (non-hydrogen) atoms. The highest BCUT2D eigenvalue weighted by Crippen LogP contribution is 2.55. The Kier molecular flexibility index (Phi) is 6.14. The number of methoxy groups -OCH3 is 1. The Hall–Kier alpha value is -2.19. The van der Waals surface area contributed by atoms with E-state index in [-0.39, 0.29) is 6.10 Å². The van der Waals surface area contributed by atoms with Crippen molar-refractivity contribution in [3.8, 4) is 5.75 Å². The standard InChI is InChI=1S/C22H28O7/c1-5-17-22(3,25)21(2)19(24)16(28-20(21)29-17)11-9-7-6-8-10-14-12-15(26-4)13-18(23)27-14/h6-13,16-17,19-20,24-25H,5H2,1-4H3/b7-6-,10-8+,11-9+/t16-,17+,19+,20-,21-,22+/m0/s1. The smallest absolute Gasteiger partial charge is 0.339 e. The van der Waals surface area contributed by atoms with Crippen LogP contribution in [0.5, 0.6) is 5.75 Å². The summed E-state index contributed by atoms with van der Waals surface area (Å²) in [5, 5.41) is 21.7. The minimum Gasteiger partial charge on any atom is -0.496 e. The van der Waals surface area contributed by atoms with Crippen molar-refractivity contribution in [2.24, 2.45) is 5.41 Å². The predicted molar refractivity (Wildman–Crippen MR) is 107 cm³/mol. The van der Waals surface area contributed by atoms with Crippen molar-refractivity contribution in [2.75, 3.05) is 7.11 Å². The molecular weight excluding hydrogens is 376 g/mol. The lowest BCUT2D eigenvalue weighted by Crippen LogP contribution is -2.54. The first-order valence-electron chi connectivity index (χ1n) is 9.66. The number of hydrogen-bond donors (Lipinski definition) is 2. The van der Waals surface area contributed by atoms with Crippen molar-refractivity contribution in [3.05, 3.63) is 58.7 Å². The molecule has 0 unspecified atom stereocenters. The van der Waals surface area contributed by atoms with Crippen molar-refractivity contribution in [1.29, 1.82) is 0 Å². The molecule has 1 aromatic heterocycles. The maximum absolute atomic E-state index is 11.4. The fourth-order valence-electron chi connectivity index (χ4n) is 3.95. The number of allylic oxidation sites excluding steroid dienone is 4. The summed E-state index contributed by atoms with van der Waals surface area (Å²) in [6.45, 7) is 5.43. The van der Waals surface area contributed by atoms with Crippen LogP contribution < -0.4 is 10.4 Å². The van der Waals surface area contributed by atoms with Crippen LogP contribution in [-0.2, 0) is 9.47 Å². The first-order valence-corrected chi connectivity index (χ1v) is 9.66. The normalized spacial score (nSPS) is 37.2. The van der Waals surface area contributed by atoms with Crippen molar-refractivity contribution in [3.63, 3.8) is 0 Å². The van der Waals surface area contributed by atoms with Crippen molar-refractivity contribution < 1.29 is 28.8 Å². The highest BCUT2D eigenvalue weighted by Gasteiger charge is 2.69. The number of aliphatic hydroxyl groups is 2. The van der Waals surface area contributed by atoms with Gasteiger partial charge in [0.15, 0.2) is 6.29 Å². The Morgan fingerprint density at radius 3 is 2.55 bits per heavy atom. The molecule has 158 valence electrons. The van der Waals surface area contributed by atoms with E-state index in [2.05, 4.69) is 0 Å². The monoisotopic (exact) mass is 404 g/mol. The van der Waals surface area contributed by atoms with E-state index < -0.39 is 35.1 Å². The molecule has 0 saturated carbocycles. The third-order valence-electron chi connectivity index (χ3n) is 5.97. The maximum atomic E-state index is 11.4. The van der Waals surface area contributed by atoms with Crippen LogP contribution in [0.3, 0.4) is 0 Å². The fourth-order valence-corrected chi connectivity index (χ4v) is 3.95. The maximum Gasteiger partial charge on any atom is 0.339 e. The third-order valence-corrected chi connectivity index (χ3v) is 5.97. The Labute approximate surface area is 169 Å². The van der Waals surface area contributed by atoms with Gasteiger partial charge in [0.05, 0.1) is 30.8 Å². The fraction of sp³-hybridized carbons (Fsp3) is 0.500. The molecule has 0 amide bonds. The molecular formula is C22H28O7. The molecule has 3 heterocycles. The Balaban J connectivity index is 1.62. The van der Waals surface area contributed by atoms with E-state index in [0.29, 0.717) is 17.9 Å². The zero-order valence-electron chi connectivity index (χ0n) is 17.1. The second kappa shape index (κ2) is 8.28. The summed E-state index contributed by atoms with van der Waals surface area (Å²) in [6.07, 6.45) is 8.45. The number of rotatable bonds is 6. The predicted octanol–water partition coefficient (Wildman–Crippen LogP) is 2.43. The summed E-state index contributed by atoms with van der Waals surface area (Å²) in [7, 11) is 1.48. The van der Waals surface area contributed by atoms with Gasteiger partial charge >= 0.3 is 5.63 Å². The molecule has 0 aromatic carbocycles. The van der Waals surface area contributed by atoms with Gasteiger partial charge in [-0.1, -0.05) is 37.3 Å². The van der Waals surface area contributed by atoms with Gasteiger partial charge in [0.25, 0.3) is 0 Å². The van der Waals surface area contributed by atoms with E-state index in [0.717, 1.165) is 0 Å². The second-order valence-electron chi connectivity index (χ2n) is 7.69. The summed E-state index contributed by atoms with van der Waals surface area (Å²) >= 11 is 0. The molecule has 3 rings (SSSR count). The molecule has 2 fully saturated rings. The van der Waals surface area contributed by atoms with Crippen LogP contribution in [-0.4, -0.2) is 47.5 Å². The van der Waals surface area contributed by atoms with Gasteiger partial charge in [-0.05, 0) is 26.3 Å². The van der Waals surface area contributed by atoms with Crippen LogP contribution in [0, 0.1) is 5.41 Å². The Bertz CT molecular complexity index is 866. The third kappa shape index (κ3) is 3.83. The minimum atomic E-state index is -1.19. The minimum absolute atomic E-state index is 0.376. The van der Waals surface area contributed by atoms with Crippen LogP contribution in [0.1, 0.15) is 33.0 Å². The molecule has 2 N–H and O–H groups in total. The van der Waals surface area contributed by atoms with Gasteiger partial charge in [-0.25, -0.2) is 4.79 Å². The van der Waals surface area contributed by atoms with Crippen LogP contribution in [0.4, 0.5) is 0 Å². The molecule has 7 heteroatoms. The van der Waals surface area contributed by atoms with Crippen molar-refractivity contribution in [2.45, 2.75) is 57.4 Å². The molecule has 2 aliphatic rings. The van der Waals surface area contributed by atoms with E-state index in [1.165, 1.54) is 13.2 Å². The van der Waals surface area contributed by atoms with Gasteiger partial charge in [-0.15, -0.1) is 0 Å². The summed E-state index contributed by atoms with van der Waals surface area (Å²) in [4.78, 5) is 11.4. The Morgan fingerprint density at radius 2 is 1.90 bits per heavy atom. The number of aliphatic hydroxyl groups excluding tert-OH is 1. The molecule has 0 spiro atoms. The molecule has 7 nitrogen and oxygen atoms in total. The second-order valence-corrected chi connectivity index (χ2v) is 7.69. The number of fused-ring (bicyclic) bond motifs is 1. The molecule has 2 aliphatic heterocycles. The van der Waals surface area contributed by atoms with Gasteiger partial charge in [-0.2, -0.15) is 0 Å². The quantitative estimate of drug-likeness (QED) is 0.703. The molecule has 0 radical (unpaired) electrons.